The summed E-state index contributed by atoms with van der Waals surface area (Å²) in [5.41, 5.74) is -1.39. The van der Waals surface area contributed by atoms with Crippen molar-refractivity contribution in [3.8, 4) is 17.2 Å². The van der Waals surface area contributed by atoms with Crippen LogP contribution in [-0.2, 0) is 6.54 Å². The molecule has 0 radical (unpaired) electrons. The van der Waals surface area contributed by atoms with Crippen LogP contribution >= 0.6 is 0 Å². The van der Waals surface area contributed by atoms with Crippen LogP contribution in [0.2, 0.25) is 0 Å². The molecular formula is C16H11F4N3O3. The van der Waals surface area contributed by atoms with Crippen LogP contribution in [0, 0.1) is 11.6 Å². The molecule has 2 aromatic heterocycles. The van der Waals surface area contributed by atoms with Gasteiger partial charge in [-0.1, -0.05) is 6.07 Å². The number of benzene rings is 1. The third-order valence-electron chi connectivity index (χ3n) is 3.36. The monoisotopic (exact) mass is 369 g/mol. The largest absolute Gasteiger partial charge is 0.492 e. The molecule has 0 amide bonds. The number of hydrogen-bond acceptors (Lipinski definition) is 5. The number of rotatable bonds is 6. The van der Waals surface area contributed by atoms with E-state index in [0.717, 1.165) is 10.6 Å². The fourth-order valence-corrected chi connectivity index (χ4v) is 2.14. The maximum absolute atomic E-state index is 14.2. The second-order valence-electron chi connectivity index (χ2n) is 5.09. The van der Waals surface area contributed by atoms with Gasteiger partial charge in [0.05, 0.1) is 12.1 Å². The third-order valence-corrected chi connectivity index (χ3v) is 3.36. The molecule has 0 saturated carbocycles. The molecule has 0 fully saturated rings. The van der Waals surface area contributed by atoms with Crippen LogP contribution in [0.4, 0.5) is 17.6 Å². The van der Waals surface area contributed by atoms with Crippen LogP contribution < -0.4 is 10.3 Å². The molecule has 3 rings (SSSR count). The summed E-state index contributed by atoms with van der Waals surface area (Å²) in [6.07, 6.45) is -1.76. The van der Waals surface area contributed by atoms with Gasteiger partial charge in [-0.2, -0.15) is 13.2 Å². The Hall–Kier alpha value is -3.17. The molecule has 2 heterocycles. The van der Waals surface area contributed by atoms with Gasteiger partial charge in [-0.3, -0.25) is 4.79 Å². The van der Waals surface area contributed by atoms with E-state index in [4.69, 9.17) is 4.74 Å². The molecule has 0 spiro atoms. The van der Waals surface area contributed by atoms with E-state index in [2.05, 4.69) is 14.6 Å². The molecule has 0 N–H and O–H groups in total. The molecule has 0 unspecified atom stereocenters. The predicted octanol–water partition coefficient (Wildman–Crippen LogP) is 3.19. The molecule has 0 bridgehead atoms. The smallest absolute Gasteiger partial charge is 0.314 e. The molecular weight excluding hydrogens is 358 g/mol. The van der Waals surface area contributed by atoms with Crippen LogP contribution in [0.1, 0.15) is 12.3 Å². The second-order valence-corrected chi connectivity index (χ2v) is 5.09. The number of ether oxygens (including phenoxy) is 1. The standard InChI is InChI=1S/C16H11F4N3O3/c17-9-2-1-3-10(8-9)25-7-6-23-5-4-11(12(18)16(23)24)14-21-22-15(26-14)13(19)20/h1-5,8,13H,6-7H2. The molecule has 0 aliphatic rings. The maximum atomic E-state index is 14.2. The van der Waals surface area contributed by atoms with E-state index in [1.165, 1.54) is 30.5 Å². The predicted molar refractivity (Wildman–Crippen MR) is 80.8 cm³/mol. The lowest BCUT2D eigenvalue weighted by Gasteiger charge is -2.09. The Morgan fingerprint density at radius 1 is 1.19 bits per heavy atom. The van der Waals surface area contributed by atoms with Gasteiger partial charge < -0.3 is 13.7 Å². The van der Waals surface area contributed by atoms with Gasteiger partial charge in [0.2, 0.25) is 5.82 Å². The Bertz CT molecular complexity index is 971. The number of aromatic nitrogens is 3. The van der Waals surface area contributed by atoms with E-state index >= 15 is 0 Å². The van der Waals surface area contributed by atoms with Crippen molar-refractivity contribution < 1.29 is 26.7 Å². The first-order chi connectivity index (χ1) is 12.5. The summed E-state index contributed by atoms with van der Waals surface area (Å²) in [6.45, 7) is -0.0309. The zero-order chi connectivity index (χ0) is 18.7. The first kappa shape index (κ1) is 17.6. The fourth-order valence-electron chi connectivity index (χ4n) is 2.14. The summed E-state index contributed by atoms with van der Waals surface area (Å²) >= 11 is 0. The minimum Gasteiger partial charge on any atom is -0.492 e. The first-order valence-electron chi connectivity index (χ1n) is 7.35. The molecule has 0 aliphatic carbocycles. The van der Waals surface area contributed by atoms with Gasteiger partial charge in [0, 0.05) is 12.3 Å². The minimum atomic E-state index is -3.00. The van der Waals surface area contributed by atoms with Crippen LogP contribution in [0.5, 0.6) is 5.75 Å². The fraction of sp³-hybridized carbons (Fsp3) is 0.188. The van der Waals surface area contributed by atoms with Crippen molar-refractivity contribution >= 4 is 0 Å². The van der Waals surface area contributed by atoms with Gasteiger partial charge in [0.15, 0.2) is 0 Å². The van der Waals surface area contributed by atoms with E-state index in [-0.39, 0.29) is 24.5 Å². The van der Waals surface area contributed by atoms with Crippen molar-refractivity contribution in [3.05, 3.63) is 64.4 Å². The Balaban J connectivity index is 1.73. The molecule has 3 aromatic rings. The molecule has 26 heavy (non-hydrogen) atoms. The van der Waals surface area contributed by atoms with Gasteiger partial charge in [0.1, 0.15) is 18.2 Å². The number of nitrogens with zero attached hydrogens (tertiary/aromatic N) is 3. The molecule has 136 valence electrons. The van der Waals surface area contributed by atoms with E-state index < -0.39 is 35.4 Å². The molecule has 0 atom stereocenters. The van der Waals surface area contributed by atoms with Crippen molar-refractivity contribution in [3.63, 3.8) is 0 Å². The zero-order valence-corrected chi connectivity index (χ0v) is 13.0. The van der Waals surface area contributed by atoms with Crippen LogP contribution in [0.25, 0.3) is 11.5 Å². The van der Waals surface area contributed by atoms with Crippen LogP contribution in [0.3, 0.4) is 0 Å². The van der Waals surface area contributed by atoms with Crippen molar-refractivity contribution in [1.29, 1.82) is 0 Å². The highest BCUT2D eigenvalue weighted by molar-refractivity contribution is 5.52. The SMILES string of the molecule is O=c1c(F)c(-c2nnc(C(F)F)o2)ccn1CCOc1cccc(F)c1. The number of halogens is 4. The topological polar surface area (TPSA) is 70.2 Å². The van der Waals surface area contributed by atoms with Crippen molar-refractivity contribution in [2.45, 2.75) is 13.0 Å². The lowest BCUT2D eigenvalue weighted by Crippen LogP contribution is -2.25. The van der Waals surface area contributed by atoms with E-state index in [0.29, 0.717) is 0 Å². The normalized spacial score (nSPS) is 11.1. The molecule has 0 saturated heterocycles. The highest BCUT2D eigenvalue weighted by Crippen LogP contribution is 2.23. The first-order valence-corrected chi connectivity index (χ1v) is 7.35. The molecule has 0 aliphatic heterocycles. The van der Waals surface area contributed by atoms with Gasteiger partial charge >= 0.3 is 6.43 Å². The lowest BCUT2D eigenvalue weighted by atomic mass is 10.2. The maximum Gasteiger partial charge on any atom is 0.314 e. The van der Waals surface area contributed by atoms with Crippen molar-refractivity contribution in [2.75, 3.05) is 6.61 Å². The summed E-state index contributed by atoms with van der Waals surface area (Å²) in [5.74, 6) is -2.91. The third kappa shape index (κ3) is 3.73. The summed E-state index contributed by atoms with van der Waals surface area (Å²) in [6, 6.07) is 6.57. The highest BCUT2D eigenvalue weighted by atomic mass is 19.3. The highest BCUT2D eigenvalue weighted by Gasteiger charge is 2.21. The molecule has 1 aromatic carbocycles. The van der Waals surface area contributed by atoms with Crippen molar-refractivity contribution in [2.24, 2.45) is 0 Å². The molecule has 6 nitrogen and oxygen atoms in total. The number of pyridine rings is 1. The second kappa shape index (κ2) is 7.38. The summed E-state index contributed by atoms with van der Waals surface area (Å²) < 4.78 is 63.1. The summed E-state index contributed by atoms with van der Waals surface area (Å²) in [4.78, 5) is 12.0. The number of alkyl halides is 2. The molecule has 10 heteroatoms. The van der Waals surface area contributed by atoms with Gasteiger partial charge in [-0.15, -0.1) is 10.2 Å². The Morgan fingerprint density at radius 2 is 2.00 bits per heavy atom. The van der Waals surface area contributed by atoms with Crippen LogP contribution in [-0.4, -0.2) is 21.4 Å². The minimum absolute atomic E-state index is 0.0152. The lowest BCUT2D eigenvalue weighted by molar-refractivity contribution is 0.116. The number of hydrogen-bond donors (Lipinski definition) is 0. The summed E-state index contributed by atoms with van der Waals surface area (Å²) in [5, 5.41) is 6.39. The van der Waals surface area contributed by atoms with Gasteiger partial charge in [-0.05, 0) is 18.2 Å². The Labute approximate surface area is 143 Å². The average Bonchev–Trinajstić information content (AvgIpc) is 3.09. The summed E-state index contributed by atoms with van der Waals surface area (Å²) in [7, 11) is 0. The Kier molecular flexibility index (Phi) is 5.01. The average molecular weight is 369 g/mol. The Morgan fingerprint density at radius 3 is 2.69 bits per heavy atom. The van der Waals surface area contributed by atoms with E-state index in [9.17, 15) is 22.4 Å². The van der Waals surface area contributed by atoms with E-state index in [1.807, 2.05) is 0 Å². The zero-order valence-electron chi connectivity index (χ0n) is 13.0. The van der Waals surface area contributed by atoms with Crippen LogP contribution in [0.15, 0.2) is 45.7 Å². The van der Waals surface area contributed by atoms with E-state index in [1.54, 1.807) is 0 Å². The van der Waals surface area contributed by atoms with Gasteiger partial charge in [-0.25, -0.2) is 4.39 Å². The quantitative estimate of drug-likeness (QED) is 0.624. The van der Waals surface area contributed by atoms with Gasteiger partial charge in [0.25, 0.3) is 17.3 Å². The van der Waals surface area contributed by atoms with Crippen molar-refractivity contribution in [1.82, 2.24) is 14.8 Å².